The van der Waals surface area contributed by atoms with E-state index in [1.807, 2.05) is 0 Å². The van der Waals surface area contributed by atoms with E-state index in [9.17, 15) is 22.4 Å². The number of hydrogen-bond donors (Lipinski definition) is 1. The Hall–Kier alpha value is -2.15. The standard InChI is InChI=1S/C13H7ClF4N2O/c14-11-6-8(3-4-19-11)20-12(21)7-1-2-10(15)9(5-7)13(16,17)18/h1-6H,(H,19,20,21). The minimum Gasteiger partial charge on any atom is -0.322 e. The molecule has 0 radical (unpaired) electrons. The Labute approximate surface area is 121 Å². The lowest BCUT2D eigenvalue weighted by molar-refractivity contribution is -0.140. The Morgan fingerprint density at radius 3 is 2.52 bits per heavy atom. The maximum absolute atomic E-state index is 13.1. The third-order valence-electron chi connectivity index (χ3n) is 2.52. The lowest BCUT2D eigenvalue weighted by Crippen LogP contribution is -2.15. The molecular formula is C13H7ClF4N2O. The number of rotatable bonds is 2. The van der Waals surface area contributed by atoms with Gasteiger partial charge < -0.3 is 5.32 Å². The second kappa shape index (κ2) is 5.69. The molecule has 0 atom stereocenters. The highest BCUT2D eigenvalue weighted by molar-refractivity contribution is 6.29. The zero-order valence-corrected chi connectivity index (χ0v) is 11.0. The van der Waals surface area contributed by atoms with Gasteiger partial charge in [-0.2, -0.15) is 13.2 Å². The van der Waals surface area contributed by atoms with Crippen molar-refractivity contribution in [2.75, 3.05) is 5.32 Å². The van der Waals surface area contributed by atoms with Gasteiger partial charge in [-0.15, -0.1) is 0 Å². The number of anilines is 1. The largest absolute Gasteiger partial charge is 0.419 e. The SMILES string of the molecule is O=C(Nc1ccnc(Cl)c1)c1ccc(F)c(C(F)(F)F)c1. The Morgan fingerprint density at radius 1 is 1.19 bits per heavy atom. The zero-order valence-electron chi connectivity index (χ0n) is 10.2. The first kappa shape index (κ1) is 15.2. The zero-order chi connectivity index (χ0) is 15.6. The van der Waals surface area contributed by atoms with Crippen LogP contribution in [-0.2, 0) is 6.18 Å². The molecule has 21 heavy (non-hydrogen) atoms. The molecule has 0 aliphatic heterocycles. The van der Waals surface area contributed by atoms with Crippen LogP contribution in [0, 0.1) is 5.82 Å². The summed E-state index contributed by atoms with van der Waals surface area (Å²) in [6, 6.07) is 4.75. The van der Waals surface area contributed by atoms with E-state index >= 15 is 0 Å². The fourth-order valence-corrected chi connectivity index (χ4v) is 1.74. The van der Waals surface area contributed by atoms with E-state index < -0.39 is 23.5 Å². The second-order valence-electron chi connectivity index (χ2n) is 4.01. The monoisotopic (exact) mass is 318 g/mol. The molecule has 2 aromatic rings. The van der Waals surface area contributed by atoms with E-state index in [0.717, 1.165) is 6.07 Å². The number of alkyl halides is 3. The van der Waals surface area contributed by atoms with E-state index in [4.69, 9.17) is 11.6 Å². The smallest absolute Gasteiger partial charge is 0.322 e. The summed E-state index contributed by atoms with van der Waals surface area (Å²) in [5.41, 5.74) is -1.56. The van der Waals surface area contributed by atoms with Crippen molar-refractivity contribution in [2.24, 2.45) is 0 Å². The van der Waals surface area contributed by atoms with Crippen molar-refractivity contribution < 1.29 is 22.4 Å². The highest BCUT2D eigenvalue weighted by Crippen LogP contribution is 2.32. The predicted molar refractivity (Wildman–Crippen MR) is 68.6 cm³/mol. The molecule has 0 spiro atoms. The third kappa shape index (κ3) is 3.69. The van der Waals surface area contributed by atoms with Gasteiger partial charge in [-0.25, -0.2) is 9.37 Å². The van der Waals surface area contributed by atoms with E-state index in [1.54, 1.807) is 0 Å². The van der Waals surface area contributed by atoms with Crippen molar-refractivity contribution in [3.05, 3.63) is 58.6 Å². The third-order valence-corrected chi connectivity index (χ3v) is 2.73. The average molecular weight is 319 g/mol. The summed E-state index contributed by atoms with van der Waals surface area (Å²) in [6.07, 6.45) is -3.55. The molecule has 1 N–H and O–H groups in total. The summed E-state index contributed by atoms with van der Waals surface area (Å²) < 4.78 is 50.9. The normalized spacial score (nSPS) is 11.3. The van der Waals surface area contributed by atoms with Crippen LogP contribution in [0.4, 0.5) is 23.2 Å². The molecule has 110 valence electrons. The van der Waals surface area contributed by atoms with Gasteiger partial charge in [0.2, 0.25) is 0 Å². The number of benzene rings is 1. The van der Waals surface area contributed by atoms with Gasteiger partial charge in [0.1, 0.15) is 11.0 Å². The topological polar surface area (TPSA) is 42.0 Å². The highest BCUT2D eigenvalue weighted by atomic mass is 35.5. The molecule has 8 heteroatoms. The maximum atomic E-state index is 13.1. The molecular weight excluding hydrogens is 312 g/mol. The fraction of sp³-hybridized carbons (Fsp3) is 0.0769. The first-order valence-corrected chi connectivity index (χ1v) is 5.95. The molecule has 1 aromatic carbocycles. The number of nitrogens with one attached hydrogen (secondary N) is 1. The minimum absolute atomic E-state index is 0.114. The van der Waals surface area contributed by atoms with Gasteiger partial charge in [0, 0.05) is 17.4 Å². The average Bonchev–Trinajstić information content (AvgIpc) is 2.37. The van der Waals surface area contributed by atoms with Gasteiger partial charge >= 0.3 is 6.18 Å². The van der Waals surface area contributed by atoms with Crippen molar-refractivity contribution in [1.82, 2.24) is 4.98 Å². The van der Waals surface area contributed by atoms with Crippen LogP contribution < -0.4 is 5.32 Å². The predicted octanol–water partition coefficient (Wildman–Crippen LogP) is 4.15. The van der Waals surface area contributed by atoms with Crippen molar-refractivity contribution in [3.63, 3.8) is 0 Å². The van der Waals surface area contributed by atoms with Crippen molar-refractivity contribution in [1.29, 1.82) is 0 Å². The Balaban J connectivity index is 2.28. The van der Waals surface area contributed by atoms with E-state index in [-0.39, 0.29) is 16.4 Å². The van der Waals surface area contributed by atoms with Gasteiger partial charge in [0.15, 0.2) is 0 Å². The van der Waals surface area contributed by atoms with Crippen LogP contribution in [0.25, 0.3) is 0 Å². The Morgan fingerprint density at radius 2 is 1.90 bits per heavy atom. The number of amides is 1. The van der Waals surface area contributed by atoms with Gasteiger partial charge in [-0.05, 0) is 30.3 Å². The number of carbonyl (C=O) groups excluding carboxylic acids is 1. The van der Waals surface area contributed by atoms with Gasteiger partial charge in [-0.3, -0.25) is 4.79 Å². The molecule has 0 aliphatic rings. The molecule has 2 rings (SSSR count). The molecule has 0 aliphatic carbocycles. The maximum Gasteiger partial charge on any atom is 0.419 e. The molecule has 0 unspecified atom stereocenters. The molecule has 3 nitrogen and oxygen atoms in total. The quantitative estimate of drug-likeness (QED) is 0.668. The van der Waals surface area contributed by atoms with Crippen LogP contribution in [0.15, 0.2) is 36.5 Å². The van der Waals surface area contributed by atoms with E-state index in [0.29, 0.717) is 12.1 Å². The molecule has 0 saturated heterocycles. The molecule has 0 saturated carbocycles. The summed E-state index contributed by atoms with van der Waals surface area (Å²) >= 11 is 5.62. The molecule has 1 aromatic heterocycles. The van der Waals surface area contributed by atoms with Crippen LogP contribution >= 0.6 is 11.6 Å². The number of halogens is 5. The Kier molecular flexibility index (Phi) is 4.13. The number of nitrogens with zero attached hydrogens (tertiary/aromatic N) is 1. The van der Waals surface area contributed by atoms with Crippen LogP contribution in [0.1, 0.15) is 15.9 Å². The van der Waals surface area contributed by atoms with Crippen LogP contribution in [-0.4, -0.2) is 10.9 Å². The van der Waals surface area contributed by atoms with Crippen LogP contribution in [0.2, 0.25) is 5.15 Å². The number of pyridine rings is 1. The highest BCUT2D eigenvalue weighted by Gasteiger charge is 2.34. The summed E-state index contributed by atoms with van der Waals surface area (Å²) in [5.74, 6) is -2.26. The van der Waals surface area contributed by atoms with Crippen molar-refractivity contribution in [3.8, 4) is 0 Å². The summed E-state index contributed by atoms with van der Waals surface area (Å²) in [6.45, 7) is 0. The van der Waals surface area contributed by atoms with Gasteiger partial charge in [0.05, 0.1) is 5.56 Å². The Bertz CT molecular complexity index is 688. The first-order chi connectivity index (χ1) is 9.77. The van der Waals surface area contributed by atoms with Gasteiger partial charge in [-0.1, -0.05) is 11.6 Å². The molecule has 0 fully saturated rings. The van der Waals surface area contributed by atoms with Crippen molar-refractivity contribution in [2.45, 2.75) is 6.18 Å². The van der Waals surface area contributed by atoms with Crippen LogP contribution in [0.3, 0.4) is 0 Å². The number of aromatic nitrogens is 1. The summed E-state index contributed by atoms with van der Waals surface area (Å²) in [7, 11) is 0. The van der Waals surface area contributed by atoms with E-state index in [2.05, 4.69) is 10.3 Å². The van der Waals surface area contributed by atoms with E-state index in [1.165, 1.54) is 18.3 Å². The van der Waals surface area contributed by atoms with Crippen LogP contribution in [0.5, 0.6) is 0 Å². The lowest BCUT2D eigenvalue weighted by Gasteiger charge is -2.10. The lowest BCUT2D eigenvalue weighted by atomic mass is 10.1. The second-order valence-corrected chi connectivity index (χ2v) is 4.40. The molecule has 1 heterocycles. The van der Waals surface area contributed by atoms with Gasteiger partial charge in [0.25, 0.3) is 5.91 Å². The molecule has 1 amide bonds. The summed E-state index contributed by atoms with van der Waals surface area (Å²) in [5, 5.41) is 2.46. The summed E-state index contributed by atoms with van der Waals surface area (Å²) in [4.78, 5) is 15.5. The first-order valence-electron chi connectivity index (χ1n) is 5.57. The fourth-order valence-electron chi connectivity index (χ4n) is 1.57. The number of carbonyl (C=O) groups is 1. The minimum atomic E-state index is -4.87. The molecule has 0 bridgehead atoms. The van der Waals surface area contributed by atoms with Crippen molar-refractivity contribution >= 4 is 23.2 Å². The number of hydrogen-bond acceptors (Lipinski definition) is 2.